The van der Waals surface area contributed by atoms with Crippen LogP contribution in [0.1, 0.15) is 13.3 Å². The van der Waals surface area contributed by atoms with Crippen molar-refractivity contribution in [3.63, 3.8) is 0 Å². The third-order valence-corrected chi connectivity index (χ3v) is 2.20. The number of hydrogen-bond acceptors (Lipinski definition) is 4. The molecule has 5 nitrogen and oxygen atoms in total. The van der Waals surface area contributed by atoms with Crippen LogP contribution < -0.4 is 5.32 Å². The molecule has 1 saturated heterocycles. The van der Waals surface area contributed by atoms with E-state index in [2.05, 4.69) is 10.1 Å². The van der Waals surface area contributed by atoms with Gasteiger partial charge in [-0.2, -0.15) is 0 Å². The van der Waals surface area contributed by atoms with Gasteiger partial charge in [-0.3, -0.25) is 9.59 Å². The monoisotopic (exact) mass is 187 g/mol. The van der Waals surface area contributed by atoms with Crippen LogP contribution >= 0.6 is 0 Å². The average Bonchev–Trinajstić information content (AvgIpc) is 2.01. The molecule has 1 amide bonds. The minimum absolute atomic E-state index is 0.123. The molecule has 5 heteroatoms. The van der Waals surface area contributed by atoms with E-state index in [4.69, 9.17) is 0 Å². The molecule has 1 aliphatic rings. The van der Waals surface area contributed by atoms with Crippen molar-refractivity contribution in [2.75, 3.05) is 7.11 Å². The summed E-state index contributed by atoms with van der Waals surface area (Å²) in [6, 6.07) is -0.278. The molecule has 13 heavy (non-hydrogen) atoms. The van der Waals surface area contributed by atoms with Gasteiger partial charge < -0.3 is 15.2 Å². The van der Waals surface area contributed by atoms with Gasteiger partial charge in [0.2, 0.25) is 5.91 Å². The summed E-state index contributed by atoms with van der Waals surface area (Å²) >= 11 is 0. The normalized spacial score (nSPS) is 28.7. The van der Waals surface area contributed by atoms with Gasteiger partial charge in [0, 0.05) is 0 Å². The van der Waals surface area contributed by atoms with Crippen LogP contribution in [-0.4, -0.2) is 36.2 Å². The highest BCUT2D eigenvalue weighted by molar-refractivity contribution is 5.88. The topological polar surface area (TPSA) is 75.6 Å². The highest BCUT2D eigenvalue weighted by Gasteiger charge is 2.43. The summed E-state index contributed by atoms with van der Waals surface area (Å²) in [5, 5.41) is 11.7. The molecule has 0 aromatic rings. The molecule has 0 aliphatic carbocycles. The highest BCUT2D eigenvalue weighted by Crippen LogP contribution is 2.21. The van der Waals surface area contributed by atoms with Crippen LogP contribution in [0.4, 0.5) is 0 Å². The number of ether oxygens (including phenoxy) is 1. The standard InChI is InChI=1S/C8H13NO4/c1-4(10)7-5(9-8(7)12)3-6(11)13-2/h4-5,7,10H,3H2,1-2H3,(H,9,12)/t4?,5?,7-/m1/s1. The number of methoxy groups -OCH3 is 1. The molecule has 0 aromatic heterocycles. The largest absolute Gasteiger partial charge is 0.469 e. The number of β-lactam (4-membered cyclic amide) rings is 1. The van der Waals surface area contributed by atoms with Gasteiger partial charge >= 0.3 is 5.97 Å². The summed E-state index contributed by atoms with van der Waals surface area (Å²) in [4.78, 5) is 21.8. The number of hydrogen-bond donors (Lipinski definition) is 2. The molecule has 1 aliphatic heterocycles. The van der Waals surface area contributed by atoms with E-state index in [1.54, 1.807) is 0 Å². The second kappa shape index (κ2) is 3.74. The lowest BCUT2D eigenvalue weighted by atomic mass is 9.84. The summed E-state index contributed by atoms with van der Waals surface area (Å²) in [6.07, 6.45) is -0.596. The first-order valence-electron chi connectivity index (χ1n) is 4.11. The third-order valence-electron chi connectivity index (χ3n) is 2.20. The van der Waals surface area contributed by atoms with Crippen molar-refractivity contribution < 1.29 is 19.4 Å². The van der Waals surface area contributed by atoms with Crippen molar-refractivity contribution in [2.24, 2.45) is 5.92 Å². The van der Waals surface area contributed by atoms with Gasteiger partial charge in [0.05, 0.1) is 31.6 Å². The average molecular weight is 187 g/mol. The predicted octanol–water partition coefficient (Wildman–Crippen LogP) is -0.955. The number of aliphatic hydroxyl groups is 1. The molecule has 0 spiro atoms. The zero-order valence-electron chi connectivity index (χ0n) is 7.61. The Morgan fingerprint density at radius 1 is 1.77 bits per heavy atom. The van der Waals surface area contributed by atoms with Gasteiger partial charge in [0.1, 0.15) is 0 Å². The van der Waals surface area contributed by atoms with Crippen LogP contribution in [0.15, 0.2) is 0 Å². The first-order chi connectivity index (χ1) is 6.06. The molecule has 1 rings (SSSR count). The molecular weight excluding hydrogens is 174 g/mol. The van der Waals surface area contributed by atoms with Crippen LogP contribution in [0, 0.1) is 5.92 Å². The number of amides is 1. The van der Waals surface area contributed by atoms with Crippen molar-refractivity contribution in [1.29, 1.82) is 0 Å². The maximum absolute atomic E-state index is 10.9. The fourth-order valence-corrected chi connectivity index (χ4v) is 1.45. The van der Waals surface area contributed by atoms with Gasteiger partial charge in [0.25, 0.3) is 0 Å². The Labute approximate surface area is 76.1 Å². The Kier molecular flexibility index (Phi) is 2.87. The summed E-state index contributed by atoms with van der Waals surface area (Å²) in [7, 11) is 1.29. The van der Waals surface area contributed by atoms with Crippen LogP contribution in [-0.2, 0) is 14.3 Å². The SMILES string of the molecule is COC(=O)CC1NC(=O)[C@@H]1C(C)O. The van der Waals surface area contributed by atoms with Crippen molar-refractivity contribution in [3.05, 3.63) is 0 Å². The zero-order chi connectivity index (χ0) is 10.0. The summed E-state index contributed by atoms with van der Waals surface area (Å²) < 4.78 is 4.45. The lowest BCUT2D eigenvalue weighted by molar-refractivity contribution is -0.148. The molecule has 3 atom stereocenters. The minimum atomic E-state index is -0.719. The fraction of sp³-hybridized carbons (Fsp3) is 0.750. The number of rotatable bonds is 3. The van der Waals surface area contributed by atoms with Gasteiger partial charge in [-0.05, 0) is 6.92 Å². The zero-order valence-corrected chi connectivity index (χ0v) is 7.61. The summed E-state index contributed by atoms with van der Waals surface area (Å²) in [5.74, 6) is -1.06. The quantitative estimate of drug-likeness (QED) is 0.441. The maximum Gasteiger partial charge on any atom is 0.307 e. The van der Waals surface area contributed by atoms with Crippen molar-refractivity contribution in [2.45, 2.75) is 25.5 Å². The Morgan fingerprint density at radius 3 is 2.77 bits per heavy atom. The van der Waals surface area contributed by atoms with Crippen LogP contribution in [0.5, 0.6) is 0 Å². The van der Waals surface area contributed by atoms with Gasteiger partial charge in [-0.25, -0.2) is 0 Å². The second-order valence-corrected chi connectivity index (χ2v) is 3.16. The van der Waals surface area contributed by atoms with Crippen LogP contribution in [0.2, 0.25) is 0 Å². The molecule has 0 aromatic carbocycles. The smallest absolute Gasteiger partial charge is 0.307 e. The molecule has 0 bridgehead atoms. The van der Waals surface area contributed by atoms with E-state index in [0.717, 1.165) is 0 Å². The number of carbonyl (C=O) groups excluding carboxylic acids is 2. The van der Waals surface area contributed by atoms with Crippen molar-refractivity contribution in [3.8, 4) is 0 Å². The Bertz CT molecular complexity index is 226. The van der Waals surface area contributed by atoms with E-state index in [1.807, 2.05) is 0 Å². The highest BCUT2D eigenvalue weighted by atomic mass is 16.5. The predicted molar refractivity (Wildman–Crippen MR) is 43.7 cm³/mol. The first-order valence-corrected chi connectivity index (χ1v) is 4.11. The van der Waals surface area contributed by atoms with E-state index in [0.29, 0.717) is 0 Å². The fourth-order valence-electron chi connectivity index (χ4n) is 1.45. The Balaban J connectivity index is 2.45. The van der Waals surface area contributed by atoms with E-state index >= 15 is 0 Å². The van der Waals surface area contributed by atoms with Gasteiger partial charge in [-0.15, -0.1) is 0 Å². The number of esters is 1. The van der Waals surface area contributed by atoms with Gasteiger partial charge in [-0.1, -0.05) is 0 Å². The Hall–Kier alpha value is -1.10. The minimum Gasteiger partial charge on any atom is -0.469 e. The molecule has 74 valence electrons. The molecule has 1 fully saturated rings. The van der Waals surface area contributed by atoms with E-state index in [9.17, 15) is 14.7 Å². The number of carbonyl (C=O) groups is 2. The van der Waals surface area contributed by atoms with Crippen molar-refractivity contribution in [1.82, 2.24) is 5.32 Å². The van der Waals surface area contributed by atoms with E-state index in [-0.39, 0.29) is 24.3 Å². The van der Waals surface area contributed by atoms with Crippen LogP contribution in [0.3, 0.4) is 0 Å². The number of aliphatic hydroxyl groups excluding tert-OH is 1. The third kappa shape index (κ3) is 1.98. The van der Waals surface area contributed by atoms with E-state index in [1.165, 1.54) is 14.0 Å². The van der Waals surface area contributed by atoms with Crippen molar-refractivity contribution >= 4 is 11.9 Å². The lowest BCUT2D eigenvalue weighted by Crippen LogP contribution is -2.62. The molecule has 1 heterocycles. The summed E-state index contributed by atoms with van der Waals surface area (Å²) in [5.41, 5.74) is 0. The second-order valence-electron chi connectivity index (χ2n) is 3.16. The maximum atomic E-state index is 10.9. The first kappa shape index (κ1) is 9.98. The van der Waals surface area contributed by atoms with Gasteiger partial charge in [0.15, 0.2) is 0 Å². The molecule has 0 saturated carbocycles. The lowest BCUT2D eigenvalue weighted by Gasteiger charge is -2.37. The molecule has 2 N–H and O–H groups in total. The molecular formula is C8H13NO4. The molecule has 0 radical (unpaired) electrons. The van der Waals surface area contributed by atoms with Crippen LogP contribution in [0.25, 0.3) is 0 Å². The summed E-state index contributed by atoms with van der Waals surface area (Å²) in [6.45, 7) is 1.54. The Morgan fingerprint density at radius 2 is 2.38 bits per heavy atom. The number of nitrogens with one attached hydrogen (secondary N) is 1. The molecule has 2 unspecified atom stereocenters. The van der Waals surface area contributed by atoms with E-state index < -0.39 is 12.0 Å².